The number of nitrogens with zero attached hydrogens (tertiary/aromatic N) is 2. The Bertz CT molecular complexity index is 588. The monoisotopic (exact) mass is 305 g/mol. The summed E-state index contributed by atoms with van der Waals surface area (Å²) >= 11 is 6.02. The summed E-state index contributed by atoms with van der Waals surface area (Å²) in [6.07, 6.45) is 3.37. The maximum atomic E-state index is 6.02. The molecule has 0 aliphatic rings. The van der Waals surface area contributed by atoms with Gasteiger partial charge in [-0.1, -0.05) is 25.4 Å². The number of rotatable bonds is 5. The van der Waals surface area contributed by atoms with Crippen molar-refractivity contribution < 1.29 is 4.74 Å². The second-order valence-corrected chi connectivity index (χ2v) is 5.79. The average molecular weight is 306 g/mol. The highest BCUT2D eigenvalue weighted by Gasteiger charge is 2.08. The number of benzene rings is 1. The summed E-state index contributed by atoms with van der Waals surface area (Å²) in [5.74, 6) is 1.26. The Morgan fingerprint density at radius 1 is 1.14 bits per heavy atom. The molecule has 1 aromatic carbocycles. The maximum Gasteiger partial charge on any atom is 0.237 e. The molecule has 0 aliphatic carbocycles. The molecule has 1 heterocycles. The molecule has 0 atom stereocenters. The zero-order valence-corrected chi connectivity index (χ0v) is 13.5. The summed E-state index contributed by atoms with van der Waals surface area (Å²) in [5.41, 5.74) is 2.85. The van der Waals surface area contributed by atoms with E-state index in [0.717, 1.165) is 22.6 Å². The van der Waals surface area contributed by atoms with Crippen LogP contribution in [0, 0.1) is 13.8 Å². The van der Waals surface area contributed by atoms with Crippen LogP contribution in [-0.2, 0) is 6.54 Å². The van der Waals surface area contributed by atoms with Crippen molar-refractivity contribution in [1.29, 1.82) is 0 Å². The zero-order valence-electron chi connectivity index (χ0n) is 12.8. The summed E-state index contributed by atoms with van der Waals surface area (Å²) in [6, 6.07) is 4.17. The van der Waals surface area contributed by atoms with E-state index in [1.807, 2.05) is 26.0 Å². The lowest BCUT2D eigenvalue weighted by molar-refractivity contribution is 0.451. The van der Waals surface area contributed by atoms with Crippen molar-refractivity contribution >= 4 is 11.6 Å². The third-order valence-corrected chi connectivity index (χ3v) is 3.22. The van der Waals surface area contributed by atoms with Crippen LogP contribution >= 0.6 is 11.6 Å². The molecule has 4 nitrogen and oxygen atoms in total. The normalized spacial score (nSPS) is 11.0. The van der Waals surface area contributed by atoms with Gasteiger partial charge in [0.05, 0.1) is 18.1 Å². The van der Waals surface area contributed by atoms with Gasteiger partial charge >= 0.3 is 0 Å². The van der Waals surface area contributed by atoms with Crippen LogP contribution in [0.25, 0.3) is 0 Å². The van der Waals surface area contributed by atoms with Gasteiger partial charge in [0.1, 0.15) is 5.75 Å². The Labute approximate surface area is 130 Å². The van der Waals surface area contributed by atoms with E-state index in [-0.39, 0.29) is 0 Å². The van der Waals surface area contributed by atoms with Crippen molar-refractivity contribution in [3.05, 3.63) is 46.4 Å². The molecule has 2 aromatic rings. The third kappa shape index (κ3) is 4.41. The fraction of sp³-hybridized carbons (Fsp3) is 0.375. The van der Waals surface area contributed by atoms with Gasteiger partial charge in [0.2, 0.25) is 5.88 Å². The van der Waals surface area contributed by atoms with Crippen molar-refractivity contribution in [3.63, 3.8) is 0 Å². The van der Waals surface area contributed by atoms with Gasteiger partial charge in [-0.3, -0.25) is 4.98 Å². The molecular formula is C16H20ClN3O. The van der Waals surface area contributed by atoms with E-state index in [0.29, 0.717) is 23.5 Å². The van der Waals surface area contributed by atoms with Crippen LogP contribution in [-0.4, -0.2) is 16.0 Å². The molecule has 0 unspecified atom stereocenters. The van der Waals surface area contributed by atoms with Crippen molar-refractivity contribution in [2.24, 2.45) is 0 Å². The smallest absolute Gasteiger partial charge is 0.237 e. The lowest BCUT2D eigenvalue weighted by Crippen LogP contribution is -2.22. The van der Waals surface area contributed by atoms with Gasteiger partial charge in [-0.25, -0.2) is 4.98 Å². The highest BCUT2D eigenvalue weighted by atomic mass is 35.5. The zero-order chi connectivity index (χ0) is 15.4. The van der Waals surface area contributed by atoms with Gasteiger partial charge in [-0.15, -0.1) is 0 Å². The number of halogens is 1. The second-order valence-electron chi connectivity index (χ2n) is 5.35. The minimum atomic E-state index is 0.419. The van der Waals surface area contributed by atoms with Crippen LogP contribution in [0.4, 0.5) is 0 Å². The largest absolute Gasteiger partial charge is 0.437 e. The molecule has 5 heteroatoms. The van der Waals surface area contributed by atoms with Crippen molar-refractivity contribution in [1.82, 2.24) is 15.3 Å². The van der Waals surface area contributed by atoms with Crippen LogP contribution in [0.2, 0.25) is 5.02 Å². The molecular weight excluding hydrogens is 286 g/mol. The van der Waals surface area contributed by atoms with Crippen LogP contribution in [0.5, 0.6) is 11.6 Å². The quantitative estimate of drug-likeness (QED) is 0.905. The van der Waals surface area contributed by atoms with Crippen LogP contribution in [0.15, 0.2) is 24.5 Å². The lowest BCUT2D eigenvalue weighted by atomic mass is 10.1. The molecule has 0 spiro atoms. The van der Waals surface area contributed by atoms with Crippen molar-refractivity contribution in [3.8, 4) is 11.6 Å². The molecule has 2 rings (SSSR count). The lowest BCUT2D eigenvalue weighted by Gasteiger charge is -2.12. The predicted octanol–water partition coefficient (Wildman–Crippen LogP) is 4.04. The predicted molar refractivity (Wildman–Crippen MR) is 85.0 cm³/mol. The Morgan fingerprint density at radius 3 is 2.33 bits per heavy atom. The van der Waals surface area contributed by atoms with Gasteiger partial charge in [0.25, 0.3) is 0 Å². The standard InChI is InChI=1S/C16H20ClN3O/c1-10(2)18-7-14-8-20-15(9-19-14)21-16-11(3)5-13(17)6-12(16)4/h5-6,8-10,18H,7H2,1-4H3. The summed E-state index contributed by atoms with van der Waals surface area (Å²) in [4.78, 5) is 8.65. The van der Waals surface area contributed by atoms with Crippen LogP contribution in [0.3, 0.4) is 0 Å². The van der Waals surface area contributed by atoms with E-state index in [4.69, 9.17) is 16.3 Å². The van der Waals surface area contributed by atoms with E-state index in [2.05, 4.69) is 29.1 Å². The minimum Gasteiger partial charge on any atom is -0.437 e. The van der Waals surface area contributed by atoms with Gasteiger partial charge in [0, 0.05) is 17.6 Å². The fourth-order valence-corrected chi connectivity index (χ4v) is 2.29. The van der Waals surface area contributed by atoms with Crippen LogP contribution < -0.4 is 10.1 Å². The molecule has 0 amide bonds. The Balaban J connectivity index is 2.10. The number of hydrogen-bond acceptors (Lipinski definition) is 4. The topological polar surface area (TPSA) is 47.0 Å². The number of aromatic nitrogens is 2. The van der Waals surface area contributed by atoms with Gasteiger partial charge < -0.3 is 10.1 Å². The highest BCUT2D eigenvalue weighted by Crippen LogP contribution is 2.30. The molecule has 0 bridgehead atoms. The SMILES string of the molecule is Cc1cc(Cl)cc(C)c1Oc1cnc(CNC(C)C)cn1. The summed E-state index contributed by atoms with van der Waals surface area (Å²) in [5, 5.41) is 4.00. The number of nitrogens with one attached hydrogen (secondary N) is 1. The van der Waals surface area contributed by atoms with Gasteiger partial charge in [-0.2, -0.15) is 0 Å². The first-order valence-corrected chi connectivity index (χ1v) is 7.32. The first-order chi connectivity index (χ1) is 9.95. The van der Waals surface area contributed by atoms with Gasteiger partial charge in [0.15, 0.2) is 0 Å². The Hall–Kier alpha value is -1.65. The summed E-state index contributed by atoms with van der Waals surface area (Å²) in [7, 11) is 0. The molecule has 1 N–H and O–H groups in total. The van der Waals surface area contributed by atoms with Gasteiger partial charge in [-0.05, 0) is 37.1 Å². The van der Waals surface area contributed by atoms with Crippen molar-refractivity contribution in [2.45, 2.75) is 40.3 Å². The van der Waals surface area contributed by atoms with E-state index in [1.54, 1.807) is 12.4 Å². The molecule has 0 radical (unpaired) electrons. The number of ether oxygens (including phenoxy) is 1. The minimum absolute atomic E-state index is 0.419. The van der Waals surface area contributed by atoms with E-state index < -0.39 is 0 Å². The second kappa shape index (κ2) is 6.87. The highest BCUT2D eigenvalue weighted by molar-refractivity contribution is 6.30. The molecule has 112 valence electrons. The average Bonchev–Trinajstić information content (AvgIpc) is 2.41. The van der Waals surface area contributed by atoms with E-state index in [9.17, 15) is 0 Å². The van der Waals surface area contributed by atoms with Crippen LogP contribution in [0.1, 0.15) is 30.7 Å². The van der Waals surface area contributed by atoms with Crippen molar-refractivity contribution in [2.75, 3.05) is 0 Å². The molecule has 0 saturated heterocycles. The first kappa shape index (κ1) is 15.7. The fourth-order valence-electron chi connectivity index (χ4n) is 1.96. The first-order valence-electron chi connectivity index (χ1n) is 6.94. The molecule has 0 fully saturated rings. The number of hydrogen-bond donors (Lipinski definition) is 1. The number of aryl methyl sites for hydroxylation is 2. The van der Waals surface area contributed by atoms with E-state index in [1.165, 1.54) is 0 Å². The Morgan fingerprint density at radius 2 is 1.81 bits per heavy atom. The molecule has 1 aromatic heterocycles. The summed E-state index contributed by atoms with van der Waals surface area (Å²) in [6.45, 7) is 8.81. The molecule has 21 heavy (non-hydrogen) atoms. The Kier molecular flexibility index (Phi) is 5.15. The molecule has 0 saturated carbocycles. The third-order valence-electron chi connectivity index (χ3n) is 3.00. The van der Waals surface area contributed by atoms with E-state index >= 15 is 0 Å². The maximum absolute atomic E-state index is 6.02. The summed E-state index contributed by atoms with van der Waals surface area (Å²) < 4.78 is 5.82. The molecule has 0 aliphatic heterocycles.